The number of imide groups is 1. The molecule has 3 heterocycles. The second-order valence-corrected chi connectivity index (χ2v) is 7.60. The van der Waals surface area contributed by atoms with E-state index in [1.807, 2.05) is 0 Å². The Kier molecular flexibility index (Phi) is 5.33. The highest BCUT2D eigenvalue weighted by atomic mass is 16.7. The van der Waals surface area contributed by atoms with Gasteiger partial charge in [-0.05, 0) is 25.1 Å². The normalized spacial score (nSPS) is 27.6. The summed E-state index contributed by atoms with van der Waals surface area (Å²) in [5.41, 5.74) is -1.52. The SMILES string of the molecule is CCOC(=O)c1ccccc1N1C(=O)[C@@H]2[C@H]3C=C[C@@](C(OC(C)=O)OC(C)=O)(O3)[C@H]2C1=O. The fraction of sp³-hybridized carbons (Fsp3) is 0.409. The van der Waals surface area contributed by atoms with Gasteiger partial charge in [-0.2, -0.15) is 0 Å². The van der Waals surface area contributed by atoms with Crippen LogP contribution in [0.5, 0.6) is 0 Å². The maximum Gasteiger partial charge on any atom is 0.340 e. The highest BCUT2D eigenvalue weighted by Crippen LogP contribution is 2.55. The smallest absolute Gasteiger partial charge is 0.340 e. The fourth-order valence-electron chi connectivity index (χ4n) is 4.50. The summed E-state index contributed by atoms with van der Waals surface area (Å²) in [7, 11) is 0. The van der Waals surface area contributed by atoms with E-state index in [2.05, 4.69) is 0 Å². The Bertz CT molecular complexity index is 1030. The molecule has 0 unspecified atom stereocenters. The molecule has 2 bridgehead atoms. The number of para-hydroxylation sites is 1. The van der Waals surface area contributed by atoms with E-state index in [-0.39, 0.29) is 17.9 Å². The number of hydrogen-bond donors (Lipinski definition) is 0. The first-order chi connectivity index (χ1) is 15.2. The van der Waals surface area contributed by atoms with Crippen molar-refractivity contribution in [3.05, 3.63) is 42.0 Å². The minimum absolute atomic E-state index is 0.0582. The van der Waals surface area contributed by atoms with Crippen molar-refractivity contribution in [2.45, 2.75) is 38.8 Å². The maximum absolute atomic E-state index is 13.6. The van der Waals surface area contributed by atoms with Crippen molar-refractivity contribution in [1.29, 1.82) is 0 Å². The number of hydrogen-bond acceptors (Lipinski definition) is 9. The molecule has 32 heavy (non-hydrogen) atoms. The molecule has 0 spiro atoms. The van der Waals surface area contributed by atoms with Gasteiger partial charge < -0.3 is 18.9 Å². The van der Waals surface area contributed by atoms with Crippen LogP contribution in [0, 0.1) is 11.8 Å². The highest BCUT2D eigenvalue weighted by Gasteiger charge is 2.72. The summed E-state index contributed by atoms with van der Waals surface area (Å²) in [6.07, 6.45) is 0.713. The Morgan fingerprint density at radius 1 is 1.09 bits per heavy atom. The molecule has 3 aliphatic rings. The van der Waals surface area contributed by atoms with Crippen molar-refractivity contribution in [2.24, 2.45) is 11.8 Å². The zero-order valence-electron chi connectivity index (χ0n) is 17.6. The van der Waals surface area contributed by atoms with Crippen LogP contribution in [0.3, 0.4) is 0 Å². The van der Waals surface area contributed by atoms with Crippen molar-refractivity contribution in [3.8, 4) is 0 Å². The molecule has 168 valence electrons. The molecule has 2 saturated heterocycles. The van der Waals surface area contributed by atoms with Crippen LogP contribution in [0.2, 0.25) is 0 Å². The Morgan fingerprint density at radius 2 is 1.75 bits per heavy atom. The Balaban J connectivity index is 1.76. The molecular weight excluding hydrogens is 422 g/mol. The molecule has 1 aromatic rings. The van der Waals surface area contributed by atoms with Gasteiger partial charge in [0.1, 0.15) is 0 Å². The van der Waals surface area contributed by atoms with E-state index in [1.54, 1.807) is 25.1 Å². The molecule has 2 fully saturated rings. The van der Waals surface area contributed by atoms with Crippen molar-refractivity contribution in [1.82, 2.24) is 0 Å². The summed E-state index contributed by atoms with van der Waals surface area (Å²) >= 11 is 0. The molecule has 4 rings (SSSR count). The number of ether oxygens (including phenoxy) is 4. The van der Waals surface area contributed by atoms with E-state index in [9.17, 15) is 24.0 Å². The van der Waals surface area contributed by atoms with Gasteiger partial charge in [-0.25, -0.2) is 9.69 Å². The number of anilines is 1. The average molecular weight is 443 g/mol. The second kappa shape index (κ2) is 7.86. The van der Waals surface area contributed by atoms with E-state index >= 15 is 0 Å². The fourth-order valence-corrected chi connectivity index (χ4v) is 4.50. The van der Waals surface area contributed by atoms with Crippen LogP contribution in [0.25, 0.3) is 0 Å². The maximum atomic E-state index is 13.6. The van der Waals surface area contributed by atoms with Crippen LogP contribution in [0.15, 0.2) is 36.4 Å². The van der Waals surface area contributed by atoms with Crippen LogP contribution in [0.1, 0.15) is 31.1 Å². The molecule has 2 amide bonds. The molecule has 0 aromatic heterocycles. The molecule has 0 aliphatic carbocycles. The number of benzene rings is 1. The third kappa shape index (κ3) is 3.18. The molecule has 0 saturated carbocycles. The van der Waals surface area contributed by atoms with Crippen molar-refractivity contribution < 1.29 is 42.9 Å². The van der Waals surface area contributed by atoms with Gasteiger partial charge in [-0.15, -0.1) is 0 Å². The molecule has 3 aliphatic heterocycles. The standard InChI is InChI=1S/C22H21NO9/c1-4-29-20(28)13-7-5-6-8-14(13)23-18(26)16-15-9-10-22(32-15,17(16)19(23)27)21(30-11(2)24)31-12(3)25/h5-10,15-17,21H,4H2,1-3H3/t15-,16-,17-,22-/m1/s1. The zero-order chi connectivity index (χ0) is 23.2. The van der Waals surface area contributed by atoms with E-state index in [0.29, 0.717) is 0 Å². The van der Waals surface area contributed by atoms with Gasteiger partial charge >= 0.3 is 17.9 Å². The van der Waals surface area contributed by atoms with Crippen molar-refractivity contribution >= 4 is 35.4 Å². The quantitative estimate of drug-likeness (QED) is 0.275. The summed E-state index contributed by atoms with van der Waals surface area (Å²) in [6, 6.07) is 6.12. The van der Waals surface area contributed by atoms with Crippen molar-refractivity contribution in [2.75, 3.05) is 11.5 Å². The van der Waals surface area contributed by atoms with Crippen LogP contribution in [-0.4, -0.2) is 54.3 Å². The number of rotatable bonds is 6. The predicted octanol–water partition coefficient (Wildman–Crippen LogP) is 1.13. The number of amides is 2. The Labute approximate surface area is 183 Å². The number of esters is 3. The van der Waals surface area contributed by atoms with Crippen molar-refractivity contribution in [3.63, 3.8) is 0 Å². The molecule has 10 heteroatoms. The van der Waals surface area contributed by atoms with Crippen LogP contribution in [-0.2, 0) is 38.1 Å². The number of fused-ring (bicyclic) bond motifs is 5. The Hall–Kier alpha value is -3.53. The highest BCUT2D eigenvalue weighted by molar-refractivity contribution is 6.25. The lowest BCUT2D eigenvalue weighted by atomic mass is 9.76. The van der Waals surface area contributed by atoms with Gasteiger partial charge in [0.05, 0.1) is 35.8 Å². The molecule has 4 atom stereocenters. The second-order valence-electron chi connectivity index (χ2n) is 7.60. The minimum Gasteiger partial charge on any atom is -0.462 e. The van der Waals surface area contributed by atoms with E-state index in [4.69, 9.17) is 18.9 Å². The summed E-state index contributed by atoms with van der Waals surface area (Å²) < 4.78 is 21.3. The lowest BCUT2D eigenvalue weighted by Gasteiger charge is -2.34. The first-order valence-corrected chi connectivity index (χ1v) is 10.1. The van der Waals surface area contributed by atoms with Gasteiger partial charge in [-0.3, -0.25) is 19.2 Å². The van der Waals surface area contributed by atoms with Gasteiger partial charge in [0.2, 0.25) is 11.8 Å². The average Bonchev–Trinajstić information content (AvgIpc) is 3.38. The van der Waals surface area contributed by atoms with Gasteiger partial charge in [0.25, 0.3) is 6.29 Å². The summed E-state index contributed by atoms with van der Waals surface area (Å²) in [5.74, 6) is -5.47. The summed E-state index contributed by atoms with van der Waals surface area (Å²) in [4.78, 5) is 63.6. The van der Waals surface area contributed by atoms with Gasteiger partial charge in [0.15, 0.2) is 5.60 Å². The molecule has 0 N–H and O–H groups in total. The monoisotopic (exact) mass is 443 g/mol. The summed E-state index contributed by atoms with van der Waals surface area (Å²) in [5, 5.41) is 0. The largest absolute Gasteiger partial charge is 0.462 e. The molecule has 0 radical (unpaired) electrons. The zero-order valence-corrected chi connectivity index (χ0v) is 17.6. The number of nitrogens with zero attached hydrogens (tertiary/aromatic N) is 1. The molecular formula is C22H21NO9. The third-order valence-corrected chi connectivity index (χ3v) is 5.63. The van der Waals surface area contributed by atoms with Crippen LogP contribution in [0.4, 0.5) is 5.69 Å². The van der Waals surface area contributed by atoms with Crippen LogP contribution >= 0.6 is 0 Å². The predicted molar refractivity (Wildman–Crippen MR) is 106 cm³/mol. The lowest BCUT2D eigenvalue weighted by Crippen LogP contribution is -2.52. The number of carbonyl (C=O) groups is 5. The van der Waals surface area contributed by atoms with Gasteiger partial charge in [0, 0.05) is 13.8 Å². The third-order valence-electron chi connectivity index (χ3n) is 5.63. The topological polar surface area (TPSA) is 126 Å². The summed E-state index contributed by atoms with van der Waals surface area (Å²) in [6.45, 7) is 4.01. The molecule has 10 nitrogen and oxygen atoms in total. The first-order valence-electron chi connectivity index (χ1n) is 10.1. The molecule has 1 aromatic carbocycles. The lowest BCUT2D eigenvalue weighted by molar-refractivity contribution is -0.226. The van der Waals surface area contributed by atoms with Crippen LogP contribution < -0.4 is 4.90 Å². The number of carbonyl (C=O) groups excluding carboxylic acids is 5. The van der Waals surface area contributed by atoms with Gasteiger partial charge in [-0.1, -0.05) is 18.2 Å². The minimum atomic E-state index is -1.66. The van der Waals surface area contributed by atoms with E-state index < -0.39 is 59.6 Å². The Morgan fingerprint density at radius 3 is 2.38 bits per heavy atom. The van der Waals surface area contributed by atoms with E-state index in [1.165, 1.54) is 18.2 Å². The van der Waals surface area contributed by atoms with E-state index in [0.717, 1.165) is 18.7 Å². The first kappa shape index (κ1) is 21.7.